The van der Waals surface area contributed by atoms with Crippen LogP contribution in [0.1, 0.15) is 35.3 Å². The Labute approximate surface area is 148 Å². The number of hydrogen-bond donors (Lipinski definition) is 2. The zero-order valence-electron chi connectivity index (χ0n) is 13.4. The molecule has 2 N–H and O–H groups in total. The maximum Gasteiger partial charge on any atom is 0.251 e. The van der Waals surface area contributed by atoms with Gasteiger partial charge in [-0.05, 0) is 31.2 Å². The minimum Gasteiger partial charge on any atom is -0.345 e. The summed E-state index contributed by atoms with van der Waals surface area (Å²) >= 11 is 1.55. The van der Waals surface area contributed by atoms with Crippen LogP contribution >= 0.6 is 11.8 Å². The molecule has 1 atom stereocenters. The van der Waals surface area contributed by atoms with E-state index in [4.69, 9.17) is 0 Å². The van der Waals surface area contributed by atoms with Crippen LogP contribution in [0.5, 0.6) is 0 Å². The molecule has 3 rings (SSSR count). The second kappa shape index (κ2) is 7.23. The molecular weight excluding hydrogens is 346 g/mol. The molecule has 1 aliphatic heterocycles. The number of rotatable bonds is 3. The summed E-state index contributed by atoms with van der Waals surface area (Å²) in [6.07, 6.45) is 0.418. The van der Waals surface area contributed by atoms with E-state index in [0.717, 1.165) is 17.0 Å². The second-order valence-electron chi connectivity index (χ2n) is 5.72. The Hall–Kier alpha value is -2.41. The smallest absolute Gasteiger partial charge is 0.251 e. The van der Waals surface area contributed by atoms with Crippen molar-refractivity contribution >= 4 is 29.3 Å². The fourth-order valence-electron chi connectivity index (χ4n) is 2.57. The molecule has 1 aliphatic rings. The summed E-state index contributed by atoms with van der Waals surface area (Å²) in [6.45, 7) is 1.62. The number of thioether (sulfide) groups is 1. The molecule has 25 heavy (non-hydrogen) atoms. The summed E-state index contributed by atoms with van der Waals surface area (Å²) in [4.78, 5) is 25.0. The highest BCUT2D eigenvalue weighted by molar-refractivity contribution is 7.99. The second-order valence-corrected chi connectivity index (χ2v) is 6.86. The number of anilines is 1. The van der Waals surface area contributed by atoms with Crippen LogP contribution in [0.2, 0.25) is 0 Å². The van der Waals surface area contributed by atoms with Gasteiger partial charge in [0.25, 0.3) is 5.91 Å². The van der Waals surface area contributed by atoms with Crippen LogP contribution in [0.4, 0.5) is 14.5 Å². The Kier molecular flexibility index (Phi) is 5.03. The van der Waals surface area contributed by atoms with Crippen molar-refractivity contribution in [2.45, 2.75) is 24.3 Å². The molecule has 7 heteroatoms. The molecule has 2 aromatic carbocycles. The van der Waals surface area contributed by atoms with Gasteiger partial charge in [-0.15, -0.1) is 11.8 Å². The van der Waals surface area contributed by atoms with E-state index in [1.807, 2.05) is 0 Å². The van der Waals surface area contributed by atoms with Gasteiger partial charge in [0.05, 0.1) is 11.7 Å². The molecule has 0 radical (unpaired) electrons. The molecule has 0 spiro atoms. The lowest BCUT2D eigenvalue weighted by molar-refractivity contribution is -0.115. The Morgan fingerprint density at radius 3 is 2.80 bits per heavy atom. The molecule has 1 heterocycles. The van der Waals surface area contributed by atoms with Crippen molar-refractivity contribution in [1.29, 1.82) is 0 Å². The lowest BCUT2D eigenvalue weighted by Gasteiger charge is -2.16. The average Bonchev–Trinajstić information content (AvgIpc) is 2.74. The molecule has 0 saturated heterocycles. The summed E-state index contributed by atoms with van der Waals surface area (Å²) in [6, 6.07) is 7.66. The molecule has 0 bridgehead atoms. The first-order valence-corrected chi connectivity index (χ1v) is 8.75. The van der Waals surface area contributed by atoms with Gasteiger partial charge in [-0.3, -0.25) is 9.59 Å². The minimum atomic E-state index is -0.710. The monoisotopic (exact) mass is 362 g/mol. The summed E-state index contributed by atoms with van der Waals surface area (Å²) in [5.41, 5.74) is 1.16. The number of carbonyl (C=O) groups excluding carboxylic acids is 2. The molecule has 130 valence electrons. The van der Waals surface area contributed by atoms with Gasteiger partial charge in [0, 0.05) is 34.3 Å². The van der Waals surface area contributed by atoms with Crippen molar-refractivity contribution in [3.05, 3.63) is 59.2 Å². The fraction of sp³-hybridized carbons (Fsp3) is 0.222. The van der Waals surface area contributed by atoms with Crippen molar-refractivity contribution in [2.75, 3.05) is 11.1 Å². The van der Waals surface area contributed by atoms with Gasteiger partial charge in [-0.25, -0.2) is 8.78 Å². The largest absolute Gasteiger partial charge is 0.345 e. The zero-order chi connectivity index (χ0) is 18.0. The van der Waals surface area contributed by atoms with E-state index in [-0.39, 0.29) is 11.5 Å². The van der Waals surface area contributed by atoms with Crippen molar-refractivity contribution in [3.63, 3.8) is 0 Å². The molecule has 0 aromatic heterocycles. The van der Waals surface area contributed by atoms with E-state index in [2.05, 4.69) is 10.6 Å². The lowest BCUT2D eigenvalue weighted by Crippen LogP contribution is -2.27. The molecule has 2 aromatic rings. The van der Waals surface area contributed by atoms with Gasteiger partial charge in [0.15, 0.2) is 0 Å². The first-order valence-electron chi connectivity index (χ1n) is 7.76. The Balaban J connectivity index is 1.78. The number of halogens is 2. The molecule has 0 aliphatic carbocycles. The van der Waals surface area contributed by atoms with Gasteiger partial charge in [-0.2, -0.15) is 0 Å². The Morgan fingerprint density at radius 1 is 1.24 bits per heavy atom. The topological polar surface area (TPSA) is 58.2 Å². The summed E-state index contributed by atoms with van der Waals surface area (Å²) in [7, 11) is 0. The van der Waals surface area contributed by atoms with Gasteiger partial charge in [0.1, 0.15) is 11.6 Å². The number of carbonyl (C=O) groups is 2. The normalized spacial score (nSPS) is 14.9. The van der Waals surface area contributed by atoms with Crippen molar-refractivity contribution in [3.8, 4) is 0 Å². The van der Waals surface area contributed by atoms with Gasteiger partial charge < -0.3 is 10.6 Å². The van der Waals surface area contributed by atoms with E-state index in [9.17, 15) is 18.4 Å². The highest BCUT2D eigenvalue weighted by Gasteiger charge is 2.18. The zero-order valence-corrected chi connectivity index (χ0v) is 14.3. The molecule has 4 nitrogen and oxygen atoms in total. The van der Waals surface area contributed by atoms with Crippen LogP contribution in [0, 0.1) is 11.6 Å². The molecule has 0 fully saturated rings. The molecule has 2 amide bonds. The predicted molar refractivity (Wildman–Crippen MR) is 92.7 cm³/mol. The van der Waals surface area contributed by atoms with Crippen LogP contribution in [-0.2, 0) is 4.79 Å². The number of fused-ring (bicyclic) bond motifs is 1. The van der Waals surface area contributed by atoms with Crippen LogP contribution in [0.25, 0.3) is 0 Å². The van der Waals surface area contributed by atoms with E-state index in [0.29, 0.717) is 23.4 Å². The number of nitrogens with one attached hydrogen (secondary N) is 2. The summed E-state index contributed by atoms with van der Waals surface area (Å²) < 4.78 is 26.8. The standard InChI is InChI=1S/C18H16F2N2O2S/c1-10(13-4-3-12(19)9-14(13)20)21-18(24)11-2-5-16-15(8-11)22-17(23)6-7-25-16/h2-5,8-10H,6-7H2,1H3,(H,21,24)(H,22,23). The Bertz CT molecular complexity index is 842. The van der Waals surface area contributed by atoms with Crippen LogP contribution in [-0.4, -0.2) is 17.6 Å². The predicted octanol–water partition coefficient (Wildman–Crippen LogP) is 3.89. The van der Waals surface area contributed by atoms with Crippen LogP contribution < -0.4 is 10.6 Å². The van der Waals surface area contributed by atoms with Gasteiger partial charge in [0.2, 0.25) is 5.91 Å². The molecular formula is C18H16F2N2O2S. The third-order valence-electron chi connectivity index (χ3n) is 3.88. The Morgan fingerprint density at radius 2 is 2.04 bits per heavy atom. The SMILES string of the molecule is CC(NC(=O)c1ccc2c(c1)NC(=O)CCS2)c1ccc(F)cc1F. The third-order valence-corrected chi connectivity index (χ3v) is 4.95. The number of hydrogen-bond acceptors (Lipinski definition) is 3. The first kappa shape index (κ1) is 17.4. The van der Waals surface area contributed by atoms with E-state index in [1.54, 1.807) is 36.9 Å². The highest BCUT2D eigenvalue weighted by Crippen LogP contribution is 2.31. The summed E-state index contributed by atoms with van der Waals surface area (Å²) in [5.74, 6) is -1.18. The first-order chi connectivity index (χ1) is 11.9. The van der Waals surface area contributed by atoms with Crippen LogP contribution in [0.3, 0.4) is 0 Å². The van der Waals surface area contributed by atoms with Crippen molar-refractivity contribution in [1.82, 2.24) is 5.32 Å². The number of benzene rings is 2. The van der Waals surface area contributed by atoms with E-state index >= 15 is 0 Å². The van der Waals surface area contributed by atoms with Crippen molar-refractivity contribution in [2.24, 2.45) is 0 Å². The lowest BCUT2D eigenvalue weighted by atomic mass is 10.1. The number of amides is 2. The fourth-order valence-corrected chi connectivity index (χ4v) is 3.51. The van der Waals surface area contributed by atoms with Crippen LogP contribution in [0.15, 0.2) is 41.3 Å². The maximum absolute atomic E-state index is 13.8. The van der Waals surface area contributed by atoms with E-state index in [1.165, 1.54) is 6.07 Å². The summed E-state index contributed by atoms with van der Waals surface area (Å²) in [5, 5.41) is 5.46. The molecule has 0 saturated carbocycles. The minimum absolute atomic E-state index is 0.0921. The maximum atomic E-state index is 13.8. The van der Waals surface area contributed by atoms with Gasteiger partial charge in [-0.1, -0.05) is 6.07 Å². The highest BCUT2D eigenvalue weighted by atomic mass is 32.2. The third kappa shape index (κ3) is 3.99. The average molecular weight is 362 g/mol. The van der Waals surface area contributed by atoms with E-state index < -0.39 is 23.6 Å². The molecule has 1 unspecified atom stereocenters. The van der Waals surface area contributed by atoms with Crippen molar-refractivity contribution < 1.29 is 18.4 Å². The quantitative estimate of drug-likeness (QED) is 0.871. The van der Waals surface area contributed by atoms with Gasteiger partial charge >= 0.3 is 0 Å².